The molecule has 2 heteroatoms. The van der Waals surface area contributed by atoms with Crippen molar-refractivity contribution in [2.75, 3.05) is 9.80 Å². The fourth-order valence-corrected chi connectivity index (χ4v) is 14.3. The smallest absolute Gasteiger partial charge is 0.0720 e. The second-order valence-corrected chi connectivity index (χ2v) is 21.0. The second-order valence-electron chi connectivity index (χ2n) is 21.0. The number of hydrogen-bond donors (Lipinski definition) is 0. The van der Waals surface area contributed by atoms with E-state index in [9.17, 15) is 0 Å². The lowest BCUT2D eigenvalue weighted by Crippen LogP contribution is -2.43. The number of hydrogen-bond acceptors (Lipinski definition) is 2. The van der Waals surface area contributed by atoms with Crippen molar-refractivity contribution < 1.29 is 0 Å². The maximum atomic E-state index is 2.53. The average molecular weight is 991 g/mol. The Morgan fingerprint density at radius 2 is 0.538 bits per heavy atom. The van der Waals surface area contributed by atoms with Gasteiger partial charge in [0.2, 0.25) is 0 Å². The van der Waals surface area contributed by atoms with Crippen molar-refractivity contribution in [3.05, 3.63) is 348 Å². The summed E-state index contributed by atoms with van der Waals surface area (Å²) < 4.78 is 0. The highest BCUT2D eigenvalue weighted by atomic mass is 15.2. The topological polar surface area (TPSA) is 6.48 Å². The summed E-state index contributed by atoms with van der Waals surface area (Å²) in [4.78, 5) is 4.89. The number of rotatable bonds is 7. The van der Waals surface area contributed by atoms with Crippen LogP contribution in [-0.4, -0.2) is 0 Å². The molecule has 13 aromatic rings. The Bertz CT molecular complexity index is 4410. The quantitative estimate of drug-likeness (QED) is 0.157. The van der Waals surface area contributed by atoms with Crippen LogP contribution in [0.1, 0.15) is 44.5 Å². The van der Waals surface area contributed by atoms with E-state index in [0.717, 1.165) is 45.3 Å². The van der Waals surface area contributed by atoms with Gasteiger partial charge in [0.25, 0.3) is 0 Å². The summed E-state index contributed by atoms with van der Waals surface area (Å²) in [7, 11) is 0. The molecule has 364 valence electrons. The first-order chi connectivity index (χ1) is 38.7. The van der Waals surface area contributed by atoms with Crippen LogP contribution in [0, 0.1) is 0 Å². The van der Waals surface area contributed by atoms with Gasteiger partial charge in [-0.25, -0.2) is 0 Å². The molecule has 0 aliphatic heterocycles. The van der Waals surface area contributed by atoms with Crippen LogP contribution in [0.2, 0.25) is 0 Å². The summed E-state index contributed by atoms with van der Waals surface area (Å²) in [6, 6.07) is 113. The Morgan fingerprint density at radius 1 is 0.205 bits per heavy atom. The maximum absolute atomic E-state index is 2.53. The lowest BCUT2D eigenvalue weighted by atomic mass is 9.52. The lowest BCUT2D eigenvalue weighted by Gasteiger charge is -2.48. The molecule has 0 aromatic heterocycles. The van der Waals surface area contributed by atoms with Gasteiger partial charge in [-0.3, -0.25) is 0 Å². The van der Waals surface area contributed by atoms with Crippen LogP contribution in [-0.2, 0) is 10.8 Å². The van der Waals surface area contributed by atoms with Crippen LogP contribution in [0.4, 0.5) is 34.1 Å². The lowest BCUT2D eigenvalue weighted by molar-refractivity contribution is 0.633. The van der Waals surface area contributed by atoms with E-state index in [1.807, 2.05) is 0 Å². The van der Waals surface area contributed by atoms with E-state index in [4.69, 9.17) is 0 Å². The first kappa shape index (κ1) is 44.3. The van der Waals surface area contributed by atoms with Gasteiger partial charge >= 0.3 is 0 Å². The van der Waals surface area contributed by atoms with Crippen LogP contribution in [0.25, 0.3) is 54.9 Å². The minimum absolute atomic E-state index is 0.504. The third-order valence-corrected chi connectivity index (χ3v) is 17.3. The molecule has 0 atom stereocenters. The Morgan fingerprint density at radius 3 is 1.06 bits per heavy atom. The van der Waals surface area contributed by atoms with Crippen molar-refractivity contribution in [1.82, 2.24) is 0 Å². The summed E-state index contributed by atoms with van der Waals surface area (Å²) in [5, 5.41) is 4.83. The normalized spacial score (nSPS) is 13.6. The van der Waals surface area contributed by atoms with Crippen molar-refractivity contribution in [3.63, 3.8) is 0 Å². The average Bonchev–Trinajstić information content (AvgIpc) is 3.54. The number of fused-ring (bicyclic) bond motifs is 18. The molecule has 0 heterocycles. The monoisotopic (exact) mass is 990 g/mol. The number of anilines is 6. The van der Waals surface area contributed by atoms with Crippen LogP contribution in [0.15, 0.2) is 303 Å². The van der Waals surface area contributed by atoms with E-state index >= 15 is 0 Å². The summed E-state index contributed by atoms with van der Waals surface area (Å²) in [5.74, 6) is 0. The van der Waals surface area contributed by atoms with Crippen molar-refractivity contribution in [2.24, 2.45) is 0 Å². The zero-order valence-corrected chi connectivity index (χ0v) is 42.8. The summed E-state index contributed by atoms with van der Waals surface area (Å²) in [5.41, 5.74) is 23.7. The minimum Gasteiger partial charge on any atom is -0.310 e. The molecule has 78 heavy (non-hydrogen) atoms. The highest BCUT2D eigenvalue weighted by molar-refractivity contribution is 6.05. The molecule has 3 aliphatic carbocycles. The van der Waals surface area contributed by atoms with E-state index in [1.165, 1.54) is 88.3 Å². The SMILES string of the molecule is c1ccc(N(c2ccc(-c3ccc(N(c4cccc5c4-c4ccccc4C54c5ccccc5C5(c6ccccc6-c6ccccc65)c5ccccc54)c4cccc5ccccc45)cc3)cc2)c2cccc3ccccc23)cc1. The van der Waals surface area contributed by atoms with Crippen molar-refractivity contribution in [3.8, 4) is 33.4 Å². The molecule has 16 rings (SSSR count). The highest BCUT2D eigenvalue weighted by Crippen LogP contribution is 2.68. The molecule has 0 amide bonds. The molecule has 0 bridgehead atoms. The Labute approximate surface area is 455 Å². The molecule has 3 aliphatic rings. The Balaban J connectivity index is 0.875. The van der Waals surface area contributed by atoms with Gasteiger partial charge in [-0.1, -0.05) is 249 Å². The van der Waals surface area contributed by atoms with E-state index < -0.39 is 10.8 Å². The van der Waals surface area contributed by atoms with Crippen LogP contribution in [0.5, 0.6) is 0 Å². The minimum atomic E-state index is -0.614. The fourth-order valence-electron chi connectivity index (χ4n) is 14.3. The van der Waals surface area contributed by atoms with Crippen LogP contribution < -0.4 is 9.80 Å². The zero-order chi connectivity index (χ0) is 51.4. The molecule has 13 aromatic carbocycles. The van der Waals surface area contributed by atoms with E-state index in [-0.39, 0.29) is 0 Å². The molecule has 0 unspecified atom stereocenters. The summed E-state index contributed by atoms with van der Waals surface area (Å²) >= 11 is 0. The fraction of sp³-hybridized carbons (Fsp3) is 0.0263. The van der Waals surface area contributed by atoms with Crippen LogP contribution >= 0.6 is 0 Å². The van der Waals surface area contributed by atoms with E-state index in [1.54, 1.807) is 0 Å². The molecule has 0 radical (unpaired) electrons. The largest absolute Gasteiger partial charge is 0.310 e. The molecule has 2 nitrogen and oxygen atoms in total. The number of benzene rings is 13. The molecule has 0 N–H and O–H groups in total. The maximum Gasteiger partial charge on any atom is 0.0720 e. The standard InChI is InChI=1S/C76H50N2/c1-2-25-55(26-3-1)77(71-40-18-23-53-21-4-6-27-58(53)71)56-47-43-51(44-48-56)52-45-49-57(50-46-52)78(72-41-19-24-54-22-5-7-28-59(54)72)73-42-20-39-70-74(73)62-31-10-13-34-65(62)76(70)68-37-16-14-35-66(68)75(67-36-15-17-38-69(67)76)63-32-11-8-29-60(63)61-30-9-12-33-64(61)75/h1-50H. The third kappa shape index (κ3) is 6.14. The third-order valence-electron chi connectivity index (χ3n) is 17.3. The predicted molar refractivity (Wildman–Crippen MR) is 324 cm³/mol. The molecular weight excluding hydrogens is 941 g/mol. The van der Waals surface area contributed by atoms with E-state index in [2.05, 4.69) is 313 Å². The van der Waals surface area contributed by atoms with Gasteiger partial charge in [0, 0.05) is 33.4 Å². The summed E-state index contributed by atoms with van der Waals surface area (Å²) in [6.45, 7) is 0. The number of nitrogens with zero attached hydrogens (tertiary/aromatic N) is 2. The molecular formula is C76H50N2. The first-order valence-corrected chi connectivity index (χ1v) is 27.2. The van der Waals surface area contributed by atoms with Crippen LogP contribution in [0.3, 0.4) is 0 Å². The van der Waals surface area contributed by atoms with Gasteiger partial charge < -0.3 is 9.80 Å². The zero-order valence-electron chi connectivity index (χ0n) is 42.8. The van der Waals surface area contributed by atoms with Gasteiger partial charge in [-0.15, -0.1) is 0 Å². The van der Waals surface area contributed by atoms with Gasteiger partial charge in [-0.2, -0.15) is 0 Å². The van der Waals surface area contributed by atoms with E-state index in [0.29, 0.717) is 0 Å². The molecule has 0 saturated carbocycles. The van der Waals surface area contributed by atoms with Gasteiger partial charge in [0.15, 0.2) is 0 Å². The van der Waals surface area contributed by atoms with Crippen molar-refractivity contribution >= 4 is 55.7 Å². The summed E-state index contributed by atoms with van der Waals surface area (Å²) in [6.07, 6.45) is 0. The Kier molecular flexibility index (Phi) is 9.80. The first-order valence-electron chi connectivity index (χ1n) is 27.2. The molecule has 2 spiro atoms. The van der Waals surface area contributed by atoms with Crippen molar-refractivity contribution in [2.45, 2.75) is 10.8 Å². The van der Waals surface area contributed by atoms with Gasteiger partial charge in [0.05, 0.1) is 27.9 Å². The predicted octanol–water partition coefficient (Wildman–Crippen LogP) is 19.6. The molecule has 0 saturated heterocycles. The highest BCUT2D eigenvalue weighted by Gasteiger charge is 2.59. The number of para-hydroxylation sites is 1. The molecule has 0 fully saturated rings. The van der Waals surface area contributed by atoms with Gasteiger partial charge in [-0.05, 0) is 138 Å². The second kappa shape index (κ2) is 17.3. The Hall–Kier alpha value is -10.0. The van der Waals surface area contributed by atoms with Crippen molar-refractivity contribution in [1.29, 1.82) is 0 Å². The van der Waals surface area contributed by atoms with Gasteiger partial charge in [0.1, 0.15) is 0 Å².